The van der Waals surface area contributed by atoms with Crippen molar-refractivity contribution in [3.05, 3.63) is 42.0 Å². The molecule has 114 valence electrons. The maximum absolute atomic E-state index is 11.4. The molecule has 0 fully saturated rings. The molecule has 2 amide bonds. The van der Waals surface area contributed by atoms with Crippen LogP contribution >= 0.6 is 0 Å². The summed E-state index contributed by atoms with van der Waals surface area (Å²) in [6.45, 7) is 3.90. The highest BCUT2D eigenvalue weighted by Crippen LogP contribution is 2.02. The van der Waals surface area contributed by atoms with E-state index in [1.165, 1.54) is 0 Å². The van der Waals surface area contributed by atoms with E-state index >= 15 is 0 Å². The number of nitrogens with one attached hydrogen (secondary N) is 2. The number of ether oxygens (including phenoxy) is 2. The van der Waals surface area contributed by atoms with Crippen LogP contribution < -0.4 is 10.6 Å². The second-order valence-corrected chi connectivity index (χ2v) is 3.98. The summed E-state index contributed by atoms with van der Waals surface area (Å²) in [5, 5.41) is 5.04. The number of amides is 2. The molecule has 0 spiro atoms. The van der Waals surface area contributed by atoms with E-state index in [9.17, 15) is 9.59 Å². The van der Waals surface area contributed by atoms with E-state index in [0.717, 1.165) is 5.56 Å². The molecule has 6 heteroatoms. The quantitative estimate of drug-likeness (QED) is 0.790. The van der Waals surface area contributed by atoms with E-state index in [1.54, 1.807) is 26.0 Å². The van der Waals surface area contributed by atoms with E-state index in [2.05, 4.69) is 10.6 Å². The van der Waals surface area contributed by atoms with Gasteiger partial charge in [-0.2, -0.15) is 0 Å². The van der Waals surface area contributed by atoms with Gasteiger partial charge in [-0.05, 0) is 25.5 Å². The van der Waals surface area contributed by atoms with Gasteiger partial charge in [0.2, 0.25) is 0 Å². The average molecular weight is 292 g/mol. The predicted molar refractivity (Wildman–Crippen MR) is 79.6 cm³/mol. The highest BCUT2D eigenvalue weighted by molar-refractivity contribution is 5.72. The molecule has 21 heavy (non-hydrogen) atoms. The van der Waals surface area contributed by atoms with Gasteiger partial charge in [0.15, 0.2) is 0 Å². The summed E-state index contributed by atoms with van der Waals surface area (Å²) in [7, 11) is 0. The lowest BCUT2D eigenvalue weighted by molar-refractivity contribution is 0.139. The number of benzene rings is 1. The molecule has 0 aliphatic rings. The SMILES string of the molecule is CCOC(=O)NC(/C=C/c1ccccc1)NC(=O)OCC. The van der Waals surface area contributed by atoms with Crippen LogP contribution in [0.15, 0.2) is 36.4 Å². The first-order valence-electron chi connectivity index (χ1n) is 6.75. The topological polar surface area (TPSA) is 76.7 Å². The van der Waals surface area contributed by atoms with Crippen LogP contribution in [0, 0.1) is 0 Å². The van der Waals surface area contributed by atoms with E-state index in [1.807, 2.05) is 30.3 Å². The van der Waals surface area contributed by atoms with Crippen molar-refractivity contribution in [2.45, 2.75) is 20.0 Å². The van der Waals surface area contributed by atoms with Gasteiger partial charge in [-0.25, -0.2) is 9.59 Å². The van der Waals surface area contributed by atoms with E-state index in [0.29, 0.717) is 0 Å². The molecule has 6 nitrogen and oxygen atoms in total. The zero-order valence-electron chi connectivity index (χ0n) is 12.2. The van der Waals surface area contributed by atoms with Gasteiger partial charge in [0, 0.05) is 0 Å². The van der Waals surface area contributed by atoms with Crippen LogP contribution in [0.5, 0.6) is 0 Å². The van der Waals surface area contributed by atoms with Gasteiger partial charge in [0.25, 0.3) is 0 Å². The lowest BCUT2D eigenvalue weighted by Gasteiger charge is -2.16. The lowest BCUT2D eigenvalue weighted by atomic mass is 10.2. The van der Waals surface area contributed by atoms with Crippen molar-refractivity contribution >= 4 is 18.3 Å². The highest BCUT2D eigenvalue weighted by atomic mass is 16.6. The standard InChI is InChI=1S/C15H20N2O4/c1-3-20-14(18)16-13(17-15(19)21-4-2)11-10-12-8-6-5-7-9-12/h5-11,13H,3-4H2,1-2H3,(H,16,18)(H,17,19)/b11-10+. The highest BCUT2D eigenvalue weighted by Gasteiger charge is 2.13. The number of alkyl carbamates (subject to hydrolysis) is 2. The minimum Gasteiger partial charge on any atom is -0.450 e. The van der Waals surface area contributed by atoms with E-state index < -0.39 is 18.4 Å². The number of carbonyl (C=O) groups excluding carboxylic acids is 2. The number of carbonyl (C=O) groups is 2. The Labute approximate surface area is 124 Å². The normalized spacial score (nSPS) is 10.4. The largest absolute Gasteiger partial charge is 0.450 e. The third-order valence-electron chi connectivity index (χ3n) is 2.38. The number of rotatable bonds is 6. The third-order valence-corrected chi connectivity index (χ3v) is 2.38. The second-order valence-electron chi connectivity index (χ2n) is 3.98. The molecule has 0 bridgehead atoms. The Hall–Kier alpha value is -2.50. The molecule has 1 aromatic rings. The van der Waals surface area contributed by atoms with Crippen LogP contribution in [0.25, 0.3) is 6.08 Å². The summed E-state index contributed by atoms with van der Waals surface area (Å²) in [6.07, 6.45) is 1.48. The fraction of sp³-hybridized carbons (Fsp3) is 0.333. The van der Waals surface area contributed by atoms with Crippen molar-refractivity contribution < 1.29 is 19.1 Å². The zero-order valence-corrected chi connectivity index (χ0v) is 12.2. The Morgan fingerprint density at radius 1 is 1.05 bits per heavy atom. The molecule has 2 N–H and O–H groups in total. The van der Waals surface area contributed by atoms with Crippen LogP contribution in [0.2, 0.25) is 0 Å². The van der Waals surface area contributed by atoms with Gasteiger partial charge in [0.05, 0.1) is 13.2 Å². The van der Waals surface area contributed by atoms with Crippen LogP contribution in [-0.2, 0) is 9.47 Å². The van der Waals surface area contributed by atoms with E-state index in [-0.39, 0.29) is 13.2 Å². The summed E-state index contributed by atoms with van der Waals surface area (Å²) < 4.78 is 9.58. The first-order chi connectivity index (χ1) is 10.2. The maximum atomic E-state index is 11.4. The summed E-state index contributed by atoms with van der Waals surface area (Å²) in [5.41, 5.74) is 0.943. The summed E-state index contributed by atoms with van der Waals surface area (Å²) in [6, 6.07) is 9.51. The minimum absolute atomic E-state index is 0.250. The molecular formula is C15H20N2O4. The lowest BCUT2D eigenvalue weighted by Crippen LogP contribution is -2.47. The molecule has 0 unspecified atom stereocenters. The summed E-state index contributed by atoms with van der Waals surface area (Å²) in [5.74, 6) is 0. The molecule has 1 aromatic carbocycles. The summed E-state index contributed by atoms with van der Waals surface area (Å²) in [4.78, 5) is 22.9. The Bertz CT molecular complexity index is 454. The van der Waals surface area contributed by atoms with Crippen molar-refractivity contribution in [3.63, 3.8) is 0 Å². The molecule has 0 aromatic heterocycles. The Morgan fingerprint density at radius 3 is 2.05 bits per heavy atom. The third kappa shape index (κ3) is 7.00. The van der Waals surface area contributed by atoms with Crippen molar-refractivity contribution in [1.29, 1.82) is 0 Å². The van der Waals surface area contributed by atoms with Crippen LogP contribution in [0.4, 0.5) is 9.59 Å². The molecule has 0 saturated carbocycles. The van der Waals surface area contributed by atoms with Crippen molar-refractivity contribution in [1.82, 2.24) is 10.6 Å². The van der Waals surface area contributed by atoms with Gasteiger partial charge < -0.3 is 9.47 Å². The predicted octanol–water partition coefficient (Wildman–Crippen LogP) is 2.52. The fourth-order valence-corrected chi connectivity index (χ4v) is 1.50. The molecule has 0 aliphatic heterocycles. The minimum atomic E-state index is -0.719. The summed E-state index contributed by atoms with van der Waals surface area (Å²) >= 11 is 0. The number of hydrogen-bond acceptors (Lipinski definition) is 4. The molecule has 0 radical (unpaired) electrons. The van der Waals surface area contributed by atoms with Crippen molar-refractivity contribution in [3.8, 4) is 0 Å². The zero-order chi connectivity index (χ0) is 15.5. The first-order valence-corrected chi connectivity index (χ1v) is 6.75. The van der Waals surface area contributed by atoms with Gasteiger partial charge in [-0.1, -0.05) is 36.4 Å². The molecule has 0 aliphatic carbocycles. The van der Waals surface area contributed by atoms with Crippen LogP contribution in [0.3, 0.4) is 0 Å². The van der Waals surface area contributed by atoms with Crippen LogP contribution in [-0.4, -0.2) is 31.6 Å². The van der Waals surface area contributed by atoms with Gasteiger partial charge >= 0.3 is 12.2 Å². The number of hydrogen-bond donors (Lipinski definition) is 2. The molecule has 1 rings (SSSR count). The molecule has 0 atom stereocenters. The van der Waals surface area contributed by atoms with Crippen LogP contribution in [0.1, 0.15) is 19.4 Å². The van der Waals surface area contributed by atoms with E-state index in [4.69, 9.17) is 9.47 Å². The smallest absolute Gasteiger partial charge is 0.408 e. The Kier molecular flexibility index (Phi) is 7.42. The van der Waals surface area contributed by atoms with Crippen molar-refractivity contribution in [2.24, 2.45) is 0 Å². The molecule has 0 saturated heterocycles. The van der Waals surface area contributed by atoms with Gasteiger partial charge in [0.1, 0.15) is 6.17 Å². The van der Waals surface area contributed by atoms with Crippen molar-refractivity contribution in [2.75, 3.05) is 13.2 Å². The Morgan fingerprint density at radius 2 is 1.57 bits per heavy atom. The Balaban J connectivity index is 2.68. The second kappa shape index (κ2) is 9.41. The molecular weight excluding hydrogens is 272 g/mol. The average Bonchev–Trinajstić information content (AvgIpc) is 2.46. The molecule has 0 heterocycles. The first kappa shape index (κ1) is 16.6. The monoisotopic (exact) mass is 292 g/mol. The van der Waals surface area contributed by atoms with Gasteiger partial charge in [-0.3, -0.25) is 10.6 Å². The fourth-order valence-electron chi connectivity index (χ4n) is 1.50. The maximum Gasteiger partial charge on any atom is 0.408 e. The van der Waals surface area contributed by atoms with Gasteiger partial charge in [-0.15, -0.1) is 0 Å².